The Morgan fingerprint density at radius 3 is 2.59 bits per heavy atom. The highest BCUT2D eigenvalue weighted by Crippen LogP contribution is 2.32. The van der Waals surface area contributed by atoms with E-state index in [1.165, 1.54) is 18.5 Å². The molecule has 1 amide bonds. The number of alkyl halides is 3. The van der Waals surface area contributed by atoms with E-state index in [0.717, 1.165) is 17.6 Å². The van der Waals surface area contributed by atoms with Crippen LogP contribution >= 0.6 is 0 Å². The fraction of sp³-hybridized carbons (Fsp3) is 0.450. The molecule has 0 aliphatic carbocycles. The van der Waals surface area contributed by atoms with Crippen molar-refractivity contribution in [2.75, 3.05) is 37.0 Å². The van der Waals surface area contributed by atoms with E-state index < -0.39 is 11.7 Å². The second kappa shape index (κ2) is 8.67. The third kappa shape index (κ3) is 4.96. The lowest BCUT2D eigenvalue weighted by Crippen LogP contribution is -2.41. The van der Waals surface area contributed by atoms with Crippen molar-refractivity contribution in [3.05, 3.63) is 47.9 Å². The number of nitrogens with one attached hydrogen (secondary N) is 1. The Kier molecular flexibility index (Phi) is 6.24. The first-order valence-electron chi connectivity index (χ1n) is 9.42. The highest BCUT2D eigenvalue weighted by molar-refractivity contribution is 5.79. The van der Waals surface area contributed by atoms with Gasteiger partial charge in [0.2, 0.25) is 5.91 Å². The smallest absolute Gasteiger partial charge is 0.367 e. The van der Waals surface area contributed by atoms with Gasteiger partial charge in [-0.05, 0) is 24.5 Å². The van der Waals surface area contributed by atoms with E-state index in [-0.39, 0.29) is 23.9 Å². The average Bonchev–Trinajstić information content (AvgIpc) is 2.71. The summed E-state index contributed by atoms with van der Waals surface area (Å²) >= 11 is 0. The van der Waals surface area contributed by atoms with E-state index in [1.54, 1.807) is 12.3 Å². The first-order chi connectivity index (χ1) is 13.8. The standard InChI is InChI=1S/C20H24F3N5O/c1-27(2)18-17(12-24-13-26-18)28-9-7-14(8-10-28)19(29)25-11-15-5-3-4-6-16(15)20(21,22)23/h3-6,12-14H,7-11H2,1-2H3,(H,25,29). The molecule has 1 aliphatic heterocycles. The number of carbonyl (C=O) groups is 1. The third-order valence-corrected chi connectivity index (χ3v) is 5.08. The summed E-state index contributed by atoms with van der Waals surface area (Å²) in [7, 11) is 3.82. The lowest BCUT2D eigenvalue weighted by molar-refractivity contribution is -0.138. The first-order valence-corrected chi connectivity index (χ1v) is 9.42. The van der Waals surface area contributed by atoms with Crippen molar-refractivity contribution in [1.82, 2.24) is 15.3 Å². The molecule has 0 bridgehead atoms. The number of halogens is 3. The van der Waals surface area contributed by atoms with Crippen LogP contribution in [0.4, 0.5) is 24.7 Å². The number of benzene rings is 1. The monoisotopic (exact) mass is 407 g/mol. The minimum absolute atomic E-state index is 0.0721. The lowest BCUT2D eigenvalue weighted by Gasteiger charge is -2.34. The quantitative estimate of drug-likeness (QED) is 0.825. The van der Waals surface area contributed by atoms with Gasteiger partial charge in [0.1, 0.15) is 6.33 Å². The molecule has 0 spiro atoms. The van der Waals surface area contributed by atoms with Gasteiger partial charge in [0.25, 0.3) is 0 Å². The Hall–Kier alpha value is -2.84. The molecule has 29 heavy (non-hydrogen) atoms. The Morgan fingerprint density at radius 1 is 1.24 bits per heavy atom. The number of hydrogen-bond donors (Lipinski definition) is 1. The van der Waals surface area contributed by atoms with Gasteiger partial charge in [0.05, 0.1) is 17.4 Å². The molecular formula is C20H24F3N5O. The topological polar surface area (TPSA) is 61.4 Å². The number of piperidine rings is 1. The zero-order valence-electron chi connectivity index (χ0n) is 16.4. The molecule has 0 atom stereocenters. The molecule has 1 aliphatic rings. The summed E-state index contributed by atoms with van der Waals surface area (Å²) in [5.41, 5.74) is 0.272. The van der Waals surface area contributed by atoms with Gasteiger partial charge in [-0.25, -0.2) is 9.97 Å². The van der Waals surface area contributed by atoms with Crippen LogP contribution in [0.3, 0.4) is 0 Å². The van der Waals surface area contributed by atoms with Crippen molar-refractivity contribution in [2.45, 2.75) is 25.6 Å². The molecule has 0 unspecified atom stereocenters. The van der Waals surface area contributed by atoms with Crippen LogP contribution in [0.5, 0.6) is 0 Å². The second-order valence-electron chi connectivity index (χ2n) is 7.26. The molecular weight excluding hydrogens is 383 g/mol. The minimum Gasteiger partial charge on any atom is -0.367 e. The number of nitrogens with zero attached hydrogens (tertiary/aromatic N) is 4. The van der Waals surface area contributed by atoms with Crippen LogP contribution in [0.25, 0.3) is 0 Å². The molecule has 1 aromatic carbocycles. The van der Waals surface area contributed by atoms with Gasteiger partial charge in [-0.1, -0.05) is 18.2 Å². The summed E-state index contributed by atoms with van der Waals surface area (Å²) in [5, 5.41) is 2.68. The van der Waals surface area contributed by atoms with Crippen LogP contribution < -0.4 is 15.1 Å². The fourth-order valence-electron chi connectivity index (χ4n) is 3.54. The Morgan fingerprint density at radius 2 is 1.93 bits per heavy atom. The van der Waals surface area contributed by atoms with E-state index >= 15 is 0 Å². The highest BCUT2D eigenvalue weighted by Gasteiger charge is 2.33. The van der Waals surface area contributed by atoms with Crippen LogP contribution in [0.2, 0.25) is 0 Å². The normalized spacial score (nSPS) is 15.3. The summed E-state index contributed by atoms with van der Waals surface area (Å²) in [4.78, 5) is 25.0. The van der Waals surface area contributed by atoms with Gasteiger partial charge in [-0.2, -0.15) is 13.2 Å². The Bertz CT molecular complexity index is 848. The number of rotatable bonds is 5. The zero-order valence-corrected chi connectivity index (χ0v) is 16.4. The molecule has 1 aromatic heterocycles. The molecule has 3 rings (SSSR count). The summed E-state index contributed by atoms with van der Waals surface area (Å²) in [5.74, 6) is 0.377. The van der Waals surface area contributed by atoms with E-state index in [9.17, 15) is 18.0 Å². The molecule has 156 valence electrons. The predicted molar refractivity (Wildman–Crippen MR) is 105 cm³/mol. The third-order valence-electron chi connectivity index (χ3n) is 5.08. The number of hydrogen-bond acceptors (Lipinski definition) is 5. The van der Waals surface area contributed by atoms with Crippen molar-refractivity contribution < 1.29 is 18.0 Å². The van der Waals surface area contributed by atoms with Gasteiger partial charge < -0.3 is 15.1 Å². The first kappa shape index (κ1) is 20.9. The molecule has 2 heterocycles. The summed E-state index contributed by atoms with van der Waals surface area (Å²) in [6.07, 6.45) is 0.0617. The van der Waals surface area contributed by atoms with Crippen LogP contribution in [0.15, 0.2) is 36.8 Å². The van der Waals surface area contributed by atoms with Crippen LogP contribution in [0, 0.1) is 5.92 Å². The maximum atomic E-state index is 13.1. The minimum atomic E-state index is -4.44. The Labute approximate surface area is 167 Å². The Balaban J connectivity index is 1.58. The van der Waals surface area contributed by atoms with Crippen molar-refractivity contribution in [3.8, 4) is 0 Å². The molecule has 9 heteroatoms. The van der Waals surface area contributed by atoms with Crippen molar-refractivity contribution in [1.29, 1.82) is 0 Å². The van der Waals surface area contributed by atoms with Gasteiger partial charge in [0.15, 0.2) is 5.82 Å². The highest BCUT2D eigenvalue weighted by atomic mass is 19.4. The molecule has 1 fully saturated rings. The van der Waals surface area contributed by atoms with Crippen molar-refractivity contribution in [3.63, 3.8) is 0 Å². The van der Waals surface area contributed by atoms with Gasteiger partial charge in [-0.3, -0.25) is 4.79 Å². The number of anilines is 2. The van der Waals surface area contributed by atoms with Crippen LogP contribution in [-0.4, -0.2) is 43.1 Å². The summed E-state index contributed by atoms with van der Waals surface area (Å²) in [6.45, 7) is 1.18. The predicted octanol–water partition coefficient (Wildman–Crippen LogP) is 3.09. The van der Waals surface area contributed by atoms with Crippen molar-refractivity contribution >= 4 is 17.4 Å². The second-order valence-corrected chi connectivity index (χ2v) is 7.26. The van der Waals surface area contributed by atoms with Crippen LogP contribution in [0.1, 0.15) is 24.0 Å². The van der Waals surface area contributed by atoms with E-state index in [2.05, 4.69) is 20.2 Å². The molecule has 0 radical (unpaired) electrons. The van der Waals surface area contributed by atoms with Crippen molar-refractivity contribution in [2.24, 2.45) is 5.92 Å². The molecule has 6 nitrogen and oxygen atoms in total. The van der Waals surface area contributed by atoms with E-state index in [1.807, 2.05) is 19.0 Å². The number of aromatic nitrogens is 2. The summed E-state index contributed by atoms with van der Waals surface area (Å²) < 4.78 is 39.3. The lowest BCUT2D eigenvalue weighted by atomic mass is 9.95. The van der Waals surface area contributed by atoms with E-state index in [4.69, 9.17) is 0 Å². The zero-order chi connectivity index (χ0) is 21.0. The molecule has 0 saturated carbocycles. The van der Waals surface area contributed by atoms with Gasteiger partial charge in [-0.15, -0.1) is 0 Å². The number of carbonyl (C=O) groups excluding carboxylic acids is 1. The molecule has 1 saturated heterocycles. The average molecular weight is 407 g/mol. The molecule has 2 aromatic rings. The maximum Gasteiger partial charge on any atom is 0.416 e. The van der Waals surface area contributed by atoms with Gasteiger partial charge in [0, 0.05) is 39.6 Å². The number of amides is 1. The SMILES string of the molecule is CN(C)c1ncncc1N1CCC(C(=O)NCc2ccccc2C(F)(F)F)CC1. The largest absolute Gasteiger partial charge is 0.416 e. The van der Waals surface area contributed by atoms with Crippen LogP contribution in [-0.2, 0) is 17.5 Å². The fourth-order valence-corrected chi connectivity index (χ4v) is 3.54. The molecule has 1 N–H and O–H groups in total. The van der Waals surface area contributed by atoms with E-state index in [0.29, 0.717) is 25.9 Å². The van der Waals surface area contributed by atoms with Gasteiger partial charge >= 0.3 is 6.18 Å². The summed E-state index contributed by atoms with van der Waals surface area (Å²) in [6, 6.07) is 5.31. The maximum absolute atomic E-state index is 13.1.